The van der Waals surface area contributed by atoms with Gasteiger partial charge in [-0.3, -0.25) is 0 Å². The number of rotatable bonds is 4. The maximum Gasteiger partial charge on any atom is 0.0897 e. The first kappa shape index (κ1) is 12.6. The van der Waals surface area contributed by atoms with Gasteiger partial charge in [0.25, 0.3) is 0 Å². The van der Waals surface area contributed by atoms with Crippen LogP contribution in [0.5, 0.6) is 0 Å². The molecule has 0 aliphatic rings. The van der Waals surface area contributed by atoms with Gasteiger partial charge in [-0.05, 0) is 31.0 Å². The Balaban J connectivity index is 1.90. The standard InChI is InChI=1S/C13H15ClN2S/c1-9-3-4-11(13(14)5-9)6-15-7-12-8-16-10(2)17-12/h3-5,8,15H,6-7H2,1-2H3. The number of halogens is 1. The number of hydrogen-bond donors (Lipinski definition) is 1. The largest absolute Gasteiger partial charge is 0.308 e. The van der Waals surface area contributed by atoms with Crippen LogP contribution in [0, 0.1) is 13.8 Å². The summed E-state index contributed by atoms with van der Waals surface area (Å²) in [6, 6.07) is 6.15. The van der Waals surface area contributed by atoms with Crippen molar-refractivity contribution in [3.05, 3.63) is 50.4 Å². The molecule has 0 radical (unpaired) electrons. The topological polar surface area (TPSA) is 24.9 Å². The van der Waals surface area contributed by atoms with Crippen LogP contribution in [0.4, 0.5) is 0 Å². The normalized spacial score (nSPS) is 10.8. The van der Waals surface area contributed by atoms with Gasteiger partial charge in [-0.1, -0.05) is 23.7 Å². The molecule has 1 aromatic carbocycles. The minimum absolute atomic E-state index is 0.788. The molecular formula is C13H15ClN2S. The summed E-state index contributed by atoms with van der Waals surface area (Å²) in [6.45, 7) is 5.69. The molecule has 0 saturated carbocycles. The molecule has 1 heterocycles. The Kier molecular flexibility index (Phi) is 4.15. The second-order valence-electron chi connectivity index (χ2n) is 4.04. The lowest BCUT2D eigenvalue weighted by molar-refractivity contribution is 0.700. The molecule has 0 bridgehead atoms. The summed E-state index contributed by atoms with van der Waals surface area (Å²) < 4.78 is 0. The highest BCUT2D eigenvalue weighted by Crippen LogP contribution is 2.17. The summed E-state index contributed by atoms with van der Waals surface area (Å²) in [4.78, 5) is 5.48. The molecule has 1 N–H and O–H groups in total. The summed E-state index contributed by atoms with van der Waals surface area (Å²) >= 11 is 7.89. The molecule has 0 spiro atoms. The van der Waals surface area contributed by atoms with Crippen molar-refractivity contribution in [1.82, 2.24) is 10.3 Å². The average Bonchev–Trinajstić information content (AvgIpc) is 2.68. The zero-order valence-electron chi connectivity index (χ0n) is 9.96. The second-order valence-corrected chi connectivity index (χ2v) is 5.77. The van der Waals surface area contributed by atoms with Crippen LogP contribution in [0.1, 0.15) is 21.0 Å². The fraction of sp³-hybridized carbons (Fsp3) is 0.308. The van der Waals surface area contributed by atoms with Crippen molar-refractivity contribution in [2.75, 3.05) is 0 Å². The number of nitrogens with zero attached hydrogens (tertiary/aromatic N) is 1. The van der Waals surface area contributed by atoms with Crippen molar-refractivity contribution >= 4 is 22.9 Å². The van der Waals surface area contributed by atoms with E-state index in [2.05, 4.69) is 22.4 Å². The van der Waals surface area contributed by atoms with Gasteiger partial charge in [0.1, 0.15) is 0 Å². The Morgan fingerprint density at radius 3 is 2.76 bits per heavy atom. The summed E-state index contributed by atoms with van der Waals surface area (Å²) in [5, 5.41) is 5.32. The molecule has 0 atom stereocenters. The summed E-state index contributed by atoms with van der Waals surface area (Å²) in [5.74, 6) is 0. The molecule has 2 rings (SSSR count). The first-order valence-electron chi connectivity index (χ1n) is 5.52. The quantitative estimate of drug-likeness (QED) is 0.913. The predicted molar refractivity (Wildman–Crippen MR) is 73.6 cm³/mol. The minimum Gasteiger partial charge on any atom is -0.308 e. The van der Waals surface area contributed by atoms with Gasteiger partial charge >= 0.3 is 0 Å². The van der Waals surface area contributed by atoms with E-state index in [0.29, 0.717) is 0 Å². The van der Waals surface area contributed by atoms with Crippen LogP contribution in [0.25, 0.3) is 0 Å². The van der Waals surface area contributed by atoms with Crippen LogP contribution >= 0.6 is 22.9 Å². The maximum absolute atomic E-state index is 6.17. The van der Waals surface area contributed by atoms with Crippen LogP contribution in [-0.2, 0) is 13.1 Å². The van der Waals surface area contributed by atoms with Crippen molar-refractivity contribution < 1.29 is 0 Å². The maximum atomic E-state index is 6.17. The molecule has 2 nitrogen and oxygen atoms in total. The second kappa shape index (κ2) is 5.63. The van der Waals surface area contributed by atoms with E-state index in [0.717, 1.165) is 28.7 Å². The predicted octanol–water partition coefficient (Wildman–Crippen LogP) is 3.70. The Morgan fingerprint density at radius 1 is 1.29 bits per heavy atom. The summed E-state index contributed by atoms with van der Waals surface area (Å²) in [6.07, 6.45) is 1.92. The highest BCUT2D eigenvalue weighted by Gasteiger charge is 2.01. The van der Waals surface area contributed by atoms with Gasteiger partial charge in [-0.15, -0.1) is 11.3 Å². The molecule has 1 aromatic heterocycles. The van der Waals surface area contributed by atoms with Crippen LogP contribution < -0.4 is 5.32 Å². The van der Waals surface area contributed by atoms with Crippen molar-refractivity contribution in [3.8, 4) is 0 Å². The van der Waals surface area contributed by atoms with E-state index in [1.165, 1.54) is 10.4 Å². The zero-order valence-corrected chi connectivity index (χ0v) is 11.5. The first-order chi connectivity index (χ1) is 8.15. The van der Waals surface area contributed by atoms with Crippen LogP contribution in [-0.4, -0.2) is 4.98 Å². The summed E-state index contributed by atoms with van der Waals surface area (Å²) in [7, 11) is 0. The molecule has 0 saturated heterocycles. The number of hydrogen-bond acceptors (Lipinski definition) is 3. The SMILES string of the molecule is Cc1ccc(CNCc2cnc(C)s2)c(Cl)c1. The lowest BCUT2D eigenvalue weighted by atomic mass is 10.1. The third-order valence-corrected chi connectivity index (χ3v) is 3.76. The molecule has 17 heavy (non-hydrogen) atoms. The third-order valence-electron chi connectivity index (χ3n) is 2.49. The number of aromatic nitrogens is 1. The van der Waals surface area contributed by atoms with Gasteiger partial charge in [0.05, 0.1) is 5.01 Å². The Morgan fingerprint density at radius 2 is 2.12 bits per heavy atom. The van der Waals surface area contributed by atoms with Crippen LogP contribution in [0.2, 0.25) is 5.02 Å². The molecule has 0 amide bonds. The van der Waals surface area contributed by atoms with Gasteiger partial charge in [-0.2, -0.15) is 0 Å². The number of thiazole rings is 1. The fourth-order valence-corrected chi connectivity index (χ4v) is 2.67. The van der Waals surface area contributed by atoms with Crippen molar-refractivity contribution in [1.29, 1.82) is 0 Å². The highest BCUT2D eigenvalue weighted by atomic mass is 35.5. The van der Waals surface area contributed by atoms with E-state index in [-0.39, 0.29) is 0 Å². The molecule has 0 aliphatic carbocycles. The molecule has 90 valence electrons. The number of aryl methyl sites for hydroxylation is 2. The lowest BCUT2D eigenvalue weighted by Crippen LogP contribution is -2.12. The molecular weight excluding hydrogens is 252 g/mol. The Labute approximate surface area is 111 Å². The average molecular weight is 267 g/mol. The molecule has 2 aromatic rings. The molecule has 0 aliphatic heterocycles. The lowest BCUT2D eigenvalue weighted by Gasteiger charge is -2.06. The number of nitrogens with one attached hydrogen (secondary N) is 1. The Bertz CT molecular complexity index is 508. The highest BCUT2D eigenvalue weighted by molar-refractivity contribution is 7.11. The Hall–Kier alpha value is -0.900. The monoisotopic (exact) mass is 266 g/mol. The minimum atomic E-state index is 0.788. The fourth-order valence-electron chi connectivity index (χ4n) is 1.60. The van der Waals surface area contributed by atoms with Crippen molar-refractivity contribution in [3.63, 3.8) is 0 Å². The van der Waals surface area contributed by atoms with E-state index in [1.807, 2.05) is 26.1 Å². The third kappa shape index (κ3) is 3.53. The van der Waals surface area contributed by atoms with Gasteiger partial charge in [0.2, 0.25) is 0 Å². The molecule has 4 heteroatoms. The first-order valence-corrected chi connectivity index (χ1v) is 6.71. The van der Waals surface area contributed by atoms with Crippen LogP contribution in [0.15, 0.2) is 24.4 Å². The summed E-state index contributed by atoms with van der Waals surface area (Å²) in [5.41, 5.74) is 2.33. The molecule has 0 fully saturated rings. The van der Waals surface area contributed by atoms with E-state index in [9.17, 15) is 0 Å². The number of benzene rings is 1. The molecule has 0 unspecified atom stereocenters. The van der Waals surface area contributed by atoms with Gasteiger partial charge in [0.15, 0.2) is 0 Å². The van der Waals surface area contributed by atoms with Crippen molar-refractivity contribution in [2.24, 2.45) is 0 Å². The van der Waals surface area contributed by atoms with E-state index < -0.39 is 0 Å². The van der Waals surface area contributed by atoms with Crippen molar-refractivity contribution in [2.45, 2.75) is 26.9 Å². The van der Waals surface area contributed by atoms with Gasteiger partial charge in [0, 0.05) is 29.2 Å². The van der Waals surface area contributed by atoms with Gasteiger partial charge < -0.3 is 5.32 Å². The van der Waals surface area contributed by atoms with E-state index in [1.54, 1.807) is 11.3 Å². The van der Waals surface area contributed by atoms with E-state index >= 15 is 0 Å². The van der Waals surface area contributed by atoms with E-state index in [4.69, 9.17) is 11.6 Å². The van der Waals surface area contributed by atoms with Gasteiger partial charge in [-0.25, -0.2) is 4.98 Å². The van der Waals surface area contributed by atoms with Crippen LogP contribution in [0.3, 0.4) is 0 Å². The zero-order chi connectivity index (χ0) is 12.3. The smallest absolute Gasteiger partial charge is 0.0897 e.